The second kappa shape index (κ2) is 6.30. The van der Waals surface area contributed by atoms with E-state index in [1.807, 2.05) is 0 Å². The third-order valence-electron chi connectivity index (χ3n) is 4.06. The molecule has 10 nitrogen and oxygen atoms in total. The van der Waals surface area contributed by atoms with Gasteiger partial charge in [-0.1, -0.05) is 20.8 Å². The molecule has 0 spiro atoms. The number of Topliss-reactive ketones (excluding diaryl/α,β-unsaturated/α-hetero) is 1. The Bertz CT molecular complexity index is 655. The summed E-state index contributed by atoms with van der Waals surface area (Å²) in [5.74, 6) is -0.623. The summed E-state index contributed by atoms with van der Waals surface area (Å²) < 4.78 is 34.6. The lowest BCUT2D eigenvalue weighted by molar-refractivity contribution is -0.131. The van der Waals surface area contributed by atoms with E-state index in [4.69, 9.17) is 4.55 Å². The van der Waals surface area contributed by atoms with Crippen LogP contribution in [0.15, 0.2) is 0 Å². The minimum absolute atomic E-state index is 0.111. The highest BCUT2D eigenvalue weighted by molar-refractivity contribution is 7.80. The molecule has 2 heterocycles. The second-order valence-electron chi connectivity index (χ2n) is 6.90. The molecule has 0 aromatic carbocycles. The fourth-order valence-corrected chi connectivity index (χ4v) is 3.04. The number of hydrogen-bond acceptors (Lipinski definition) is 6. The predicted molar refractivity (Wildman–Crippen MR) is 80.9 cm³/mol. The lowest BCUT2D eigenvalue weighted by Gasteiger charge is -2.29. The molecule has 0 radical (unpaired) electrons. The SMILES string of the molecule is CC(C)(C)C(=O)CNC(=O)[C@@H]1CC[C@@H]2CN1C(=O)N2OS(=O)(=O)O. The summed E-state index contributed by atoms with van der Waals surface area (Å²) >= 11 is 0. The topological polar surface area (TPSA) is 133 Å². The van der Waals surface area contributed by atoms with Gasteiger partial charge >= 0.3 is 16.4 Å². The number of nitrogens with one attached hydrogen (secondary N) is 1. The van der Waals surface area contributed by atoms with Gasteiger partial charge in [0.05, 0.1) is 12.6 Å². The standard InChI is InChI=1S/C13H21N3O7S/c1-13(2,3)10(17)6-14-11(18)9-5-4-8-7-15(9)12(19)16(8)23-24(20,21)22/h8-9H,4-7H2,1-3H3,(H,14,18)(H,20,21,22)/t8-,9+/m1/s1. The molecule has 0 unspecified atom stereocenters. The molecule has 2 fully saturated rings. The van der Waals surface area contributed by atoms with E-state index >= 15 is 0 Å². The van der Waals surface area contributed by atoms with E-state index in [0.717, 1.165) is 0 Å². The molecule has 2 atom stereocenters. The molecule has 2 aliphatic rings. The third kappa shape index (κ3) is 4.02. The number of rotatable bonds is 5. The van der Waals surface area contributed by atoms with Crippen LogP contribution in [0, 0.1) is 5.41 Å². The van der Waals surface area contributed by atoms with Crippen molar-refractivity contribution < 1.29 is 31.6 Å². The molecule has 2 N–H and O–H groups in total. The van der Waals surface area contributed by atoms with Gasteiger partial charge in [-0.15, -0.1) is 4.28 Å². The van der Waals surface area contributed by atoms with Gasteiger partial charge in [0, 0.05) is 12.0 Å². The lowest BCUT2D eigenvalue weighted by Crippen LogP contribution is -2.51. The Morgan fingerprint density at radius 1 is 1.33 bits per heavy atom. The van der Waals surface area contributed by atoms with Crippen LogP contribution in [0.25, 0.3) is 0 Å². The summed E-state index contributed by atoms with van der Waals surface area (Å²) in [6, 6.07) is -2.17. The van der Waals surface area contributed by atoms with Gasteiger partial charge in [0.25, 0.3) is 0 Å². The van der Waals surface area contributed by atoms with Crippen molar-refractivity contribution in [3.63, 3.8) is 0 Å². The van der Waals surface area contributed by atoms with Crippen LogP contribution in [0.1, 0.15) is 33.6 Å². The molecule has 0 saturated carbocycles. The van der Waals surface area contributed by atoms with Crippen LogP contribution in [-0.4, -0.2) is 65.8 Å². The second-order valence-corrected chi connectivity index (χ2v) is 7.91. The number of carbonyl (C=O) groups excluding carboxylic acids is 3. The Kier molecular flexibility index (Phi) is 4.88. The number of nitrogens with zero attached hydrogens (tertiary/aromatic N) is 2. The van der Waals surface area contributed by atoms with E-state index < -0.39 is 39.8 Å². The number of hydroxylamine groups is 2. The van der Waals surface area contributed by atoms with Gasteiger partial charge in [-0.3, -0.25) is 14.1 Å². The Morgan fingerprint density at radius 2 is 1.96 bits per heavy atom. The molecule has 0 aliphatic carbocycles. The molecular weight excluding hydrogens is 342 g/mol. The summed E-state index contributed by atoms with van der Waals surface area (Å²) in [7, 11) is -4.82. The number of ketones is 1. The molecule has 2 bridgehead atoms. The number of hydrogen-bond donors (Lipinski definition) is 2. The molecule has 11 heteroatoms. The van der Waals surface area contributed by atoms with Crippen LogP contribution in [0.2, 0.25) is 0 Å². The van der Waals surface area contributed by atoms with Crippen LogP contribution in [0.3, 0.4) is 0 Å². The van der Waals surface area contributed by atoms with Crippen LogP contribution in [-0.2, 0) is 24.3 Å². The molecule has 24 heavy (non-hydrogen) atoms. The van der Waals surface area contributed by atoms with Crippen molar-refractivity contribution in [2.75, 3.05) is 13.1 Å². The normalized spacial score (nSPS) is 24.2. The van der Waals surface area contributed by atoms with Gasteiger partial charge in [0.15, 0.2) is 5.78 Å². The summed E-state index contributed by atoms with van der Waals surface area (Å²) in [5.41, 5.74) is -0.589. The van der Waals surface area contributed by atoms with Crippen LogP contribution < -0.4 is 5.32 Å². The first-order valence-electron chi connectivity index (χ1n) is 7.48. The minimum atomic E-state index is -4.82. The molecular formula is C13H21N3O7S. The Balaban J connectivity index is 2.01. The number of amides is 3. The molecule has 2 rings (SSSR count). The maximum atomic E-state index is 12.3. The summed E-state index contributed by atoms with van der Waals surface area (Å²) in [5, 5.41) is 3.09. The fraction of sp³-hybridized carbons (Fsp3) is 0.769. The maximum absolute atomic E-state index is 12.3. The first kappa shape index (κ1) is 18.6. The third-order valence-corrected chi connectivity index (χ3v) is 4.41. The molecule has 3 amide bonds. The summed E-state index contributed by atoms with van der Waals surface area (Å²) in [6.45, 7) is 5.18. The van der Waals surface area contributed by atoms with Crippen LogP contribution >= 0.6 is 0 Å². The van der Waals surface area contributed by atoms with Gasteiger partial charge in [-0.25, -0.2) is 4.79 Å². The first-order chi connectivity index (χ1) is 10.9. The average Bonchev–Trinajstić information content (AvgIpc) is 2.67. The van der Waals surface area contributed by atoms with E-state index in [1.54, 1.807) is 20.8 Å². The van der Waals surface area contributed by atoms with Gasteiger partial charge in [-0.05, 0) is 12.8 Å². The van der Waals surface area contributed by atoms with Gasteiger partial charge in [0.1, 0.15) is 6.04 Å². The number of urea groups is 1. The van der Waals surface area contributed by atoms with Crippen molar-refractivity contribution in [2.24, 2.45) is 5.41 Å². The molecule has 0 aromatic heterocycles. The van der Waals surface area contributed by atoms with Crippen molar-refractivity contribution in [3.05, 3.63) is 0 Å². The summed E-state index contributed by atoms with van der Waals surface area (Å²) in [4.78, 5) is 37.5. The Labute approximate surface area is 140 Å². The van der Waals surface area contributed by atoms with Crippen molar-refractivity contribution in [2.45, 2.75) is 45.7 Å². The largest absolute Gasteiger partial charge is 0.418 e. The van der Waals surface area contributed by atoms with Crippen molar-refractivity contribution in [1.29, 1.82) is 0 Å². The highest BCUT2D eigenvalue weighted by atomic mass is 32.3. The number of carbonyl (C=O) groups is 3. The van der Waals surface area contributed by atoms with Crippen molar-refractivity contribution in [1.82, 2.24) is 15.3 Å². The van der Waals surface area contributed by atoms with E-state index in [2.05, 4.69) is 9.60 Å². The first-order valence-corrected chi connectivity index (χ1v) is 8.84. The van der Waals surface area contributed by atoms with E-state index in [0.29, 0.717) is 17.9 Å². The molecule has 2 saturated heterocycles. The van der Waals surface area contributed by atoms with Gasteiger partial charge in [-0.2, -0.15) is 13.5 Å². The van der Waals surface area contributed by atoms with Crippen molar-refractivity contribution in [3.8, 4) is 0 Å². The lowest BCUT2D eigenvalue weighted by atomic mass is 9.91. The van der Waals surface area contributed by atoms with E-state index in [-0.39, 0.29) is 18.9 Å². The monoisotopic (exact) mass is 363 g/mol. The van der Waals surface area contributed by atoms with Crippen molar-refractivity contribution >= 4 is 28.1 Å². The highest BCUT2D eigenvalue weighted by Crippen LogP contribution is 2.30. The molecule has 0 aromatic rings. The van der Waals surface area contributed by atoms with Crippen LogP contribution in [0.5, 0.6) is 0 Å². The van der Waals surface area contributed by atoms with Crippen LogP contribution in [0.4, 0.5) is 4.79 Å². The zero-order valence-electron chi connectivity index (χ0n) is 13.7. The smallest absolute Gasteiger partial charge is 0.347 e. The zero-order chi connectivity index (χ0) is 18.3. The number of fused-ring (bicyclic) bond motifs is 2. The predicted octanol–water partition coefficient (Wildman–Crippen LogP) is -0.279. The zero-order valence-corrected chi connectivity index (χ0v) is 14.5. The fourth-order valence-electron chi connectivity index (χ4n) is 2.65. The van der Waals surface area contributed by atoms with Gasteiger partial charge in [0.2, 0.25) is 5.91 Å². The maximum Gasteiger partial charge on any atom is 0.418 e. The Hall–Kier alpha value is -1.72. The highest BCUT2D eigenvalue weighted by Gasteiger charge is 2.49. The van der Waals surface area contributed by atoms with E-state index in [1.165, 1.54) is 4.90 Å². The van der Waals surface area contributed by atoms with Gasteiger partial charge < -0.3 is 10.2 Å². The number of piperidine rings is 1. The Morgan fingerprint density at radius 3 is 2.50 bits per heavy atom. The molecule has 136 valence electrons. The minimum Gasteiger partial charge on any atom is -0.347 e. The van der Waals surface area contributed by atoms with E-state index in [9.17, 15) is 22.8 Å². The average molecular weight is 363 g/mol. The molecule has 2 aliphatic heterocycles. The summed E-state index contributed by atoms with van der Waals surface area (Å²) in [6.07, 6.45) is 0.639. The quantitative estimate of drug-likeness (QED) is 0.642.